The van der Waals surface area contributed by atoms with Crippen LogP contribution in [0.15, 0.2) is 60.9 Å². The predicted octanol–water partition coefficient (Wildman–Crippen LogP) is 4.87. The van der Waals surface area contributed by atoms with Gasteiger partial charge in [0.15, 0.2) is 17.3 Å². The van der Waals surface area contributed by atoms with Crippen molar-refractivity contribution < 1.29 is 0 Å². The van der Waals surface area contributed by atoms with Crippen molar-refractivity contribution in [1.82, 2.24) is 29.8 Å². The number of rotatable bonds is 3. The summed E-state index contributed by atoms with van der Waals surface area (Å²) in [6, 6.07) is 17.5. The molecule has 6 rings (SSSR count). The van der Waals surface area contributed by atoms with E-state index in [9.17, 15) is 0 Å². The average molecular weight is 409 g/mol. The Morgan fingerprint density at radius 3 is 2.61 bits per heavy atom. The van der Waals surface area contributed by atoms with Crippen LogP contribution in [0.25, 0.3) is 44.7 Å². The van der Waals surface area contributed by atoms with Gasteiger partial charge in [0.25, 0.3) is 0 Å². The molecular weight excluding hydrogens is 384 g/mol. The van der Waals surface area contributed by atoms with Crippen LogP contribution in [0.3, 0.4) is 0 Å². The third-order valence-electron chi connectivity index (χ3n) is 6.23. The molecule has 0 amide bonds. The topological polar surface area (TPSA) is 71.4 Å². The van der Waals surface area contributed by atoms with Gasteiger partial charge in [-0.3, -0.25) is 0 Å². The summed E-state index contributed by atoms with van der Waals surface area (Å²) in [5.74, 6) is 1.68. The van der Waals surface area contributed by atoms with Gasteiger partial charge in [0.05, 0.1) is 0 Å². The van der Waals surface area contributed by atoms with Crippen LogP contribution in [-0.4, -0.2) is 37.6 Å². The monoisotopic (exact) mass is 408 g/mol. The highest BCUT2D eigenvalue weighted by Crippen LogP contribution is 2.35. The molecular formula is C25H24N6. The molecule has 6 nitrogen and oxygen atoms in total. The molecule has 1 saturated heterocycles. The van der Waals surface area contributed by atoms with Crippen LogP contribution < -0.4 is 5.32 Å². The van der Waals surface area contributed by atoms with Crippen molar-refractivity contribution in [2.24, 2.45) is 0 Å². The number of H-pyrrole nitrogens is 1. The zero-order chi connectivity index (χ0) is 20.8. The van der Waals surface area contributed by atoms with E-state index in [1.54, 1.807) is 0 Å². The number of nitrogens with zero attached hydrogens (tertiary/aromatic N) is 4. The molecule has 2 aromatic carbocycles. The lowest BCUT2D eigenvalue weighted by Crippen LogP contribution is -2.29. The molecule has 31 heavy (non-hydrogen) atoms. The van der Waals surface area contributed by atoms with E-state index < -0.39 is 0 Å². The number of nitrogens with one attached hydrogen (secondary N) is 2. The summed E-state index contributed by atoms with van der Waals surface area (Å²) in [7, 11) is 0. The molecule has 2 N–H and O–H groups in total. The second kappa shape index (κ2) is 7.32. The minimum Gasteiger partial charge on any atom is -0.340 e. The van der Waals surface area contributed by atoms with Crippen molar-refractivity contribution in [3.05, 3.63) is 66.6 Å². The van der Waals surface area contributed by atoms with Crippen LogP contribution in [-0.2, 0) is 0 Å². The first kappa shape index (κ1) is 18.3. The first-order chi connectivity index (χ1) is 15.3. The van der Waals surface area contributed by atoms with Gasteiger partial charge < -0.3 is 14.9 Å². The Bertz CT molecular complexity index is 1390. The summed E-state index contributed by atoms with van der Waals surface area (Å²) in [4.78, 5) is 17.9. The zero-order valence-electron chi connectivity index (χ0n) is 17.5. The fourth-order valence-corrected chi connectivity index (χ4v) is 4.68. The number of aryl methyl sites for hydroxylation is 1. The van der Waals surface area contributed by atoms with Gasteiger partial charge in [-0.2, -0.15) is 0 Å². The second-order valence-corrected chi connectivity index (χ2v) is 8.29. The molecule has 0 saturated carbocycles. The van der Waals surface area contributed by atoms with Crippen LogP contribution in [0.1, 0.15) is 24.6 Å². The standard InChI is InChI=1S/C25H24N6/c1-16-15-28-23(29-16)25-30-22-21(19-7-6-17-4-2-3-5-18(17)14-19)10-13-27-24(22)31(25)20-8-11-26-12-9-20/h2-7,10,13-15,20,26H,8-9,11-12H2,1H3,(H,28,29). The summed E-state index contributed by atoms with van der Waals surface area (Å²) in [6.07, 6.45) is 5.88. The summed E-state index contributed by atoms with van der Waals surface area (Å²) < 4.78 is 2.30. The third kappa shape index (κ3) is 3.11. The maximum absolute atomic E-state index is 5.11. The van der Waals surface area contributed by atoms with Crippen LogP contribution in [0.4, 0.5) is 0 Å². The van der Waals surface area contributed by atoms with Gasteiger partial charge in [-0.05, 0) is 61.3 Å². The van der Waals surface area contributed by atoms with Crippen molar-refractivity contribution in [3.63, 3.8) is 0 Å². The average Bonchev–Trinajstić information content (AvgIpc) is 3.42. The van der Waals surface area contributed by atoms with Crippen LogP contribution >= 0.6 is 0 Å². The van der Waals surface area contributed by atoms with E-state index in [1.165, 1.54) is 10.8 Å². The minimum absolute atomic E-state index is 0.353. The number of hydrogen-bond acceptors (Lipinski definition) is 4. The summed E-state index contributed by atoms with van der Waals surface area (Å²) in [6.45, 7) is 4.03. The van der Waals surface area contributed by atoms with Gasteiger partial charge in [-0.15, -0.1) is 0 Å². The van der Waals surface area contributed by atoms with Crippen LogP contribution in [0, 0.1) is 6.92 Å². The fourth-order valence-electron chi connectivity index (χ4n) is 4.68. The molecule has 1 aliphatic heterocycles. The molecule has 0 spiro atoms. The van der Waals surface area contributed by atoms with Gasteiger partial charge in [0, 0.05) is 29.7 Å². The second-order valence-electron chi connectivity index (χ2n) is 8.29. The maximum Gasteiger partial charge on any atom is 0.178 e. The maximum atomic E-state index is 5.11. The number of benzene rings is 2. The molecule has 1 aliphatic rings. The molecule has 0 unspecified atom stereocenters. The number of piperidine rings is 1. The Morgan fingerprint density at radius 1 is 0.968 bits per heavy atom. The van der Waals surface area contributed by atoms with Crippen molar-refractivity contribution in [1.29, 1.82) is 0 Å². The highest BCUT2D eigenvalue weighted by Gasteiger charge is 2.25. The minimum atomic E-state index is 0.353. The number of fused-ring (bicyclic) bond motifs is 2. The number of aromatic nitrogens is 5. The number of pyridine rings is 1. The van der Waals surface area contributed by atoms with E-state index in [4.69, 9.17) is 9.97 Å². The quantitative estimate of drug-likeness (QED) is 0.447. The third-order valence-corrected chi connectivity index (χ3v) is 6.23. The van der Waals surface area contributed by atoms with E-state index in [-0.39, 0.29) is 0 Å². The van der Waals surface area contributed by atoms with Crippen LogP contribution in [0.5, 0.6) is 0 Å². The smallest absolute Gasteiger partial charge is 0.178 e. The van der Waals surface area contributed by atoms with E-state index in [0.717, 1.165) is 65.6 Å². The summed E-state index contributed by atoms with van der Waals surface area (Å²) >= 11 is 0. The summed E-state index contributed by atoms with van der Waals surface area (Å²) in [5.41, 5.74) is 5.15. The van der Waals surface area contributed by atoms with Gasteiger partial charge in [-0.1, -0.05) is 36.4 Å². The Hall–Kier alpha value is -3.51. The first-order valence-corrected chi connectivity index (χ1v) is 10.9. The lowest BCUT2D eigenvalue weighted by molar-refractivity contribution is 0.375. The normalized spacial score (nSPS) is 15.1. The molecule has 5 aromatic rings. The molecule has 0 radical (unpaired) electrons. The highest BCUT2D eigenvalue weighted by atomic mass is 15.2. The lowest BCUT2D eigenvalue weighted by Gasteiger charge is -2.25. The highest BCUT2D eigenvalue weighted by molar-refractivity contribution is 5.95. The molecule has 154 valence electrons. The molecule has 0 atom stereocenters. The Balaban J connectivity index is 1.59. The predicted molar refractivity (Wildman–Crippen MR) is 124 cm³/mol. The Morgan fingerprint density at radius 2 is 1.81 bits per heavy atom. The Kier molecular flexibility index (Phi) is 4.32. The van der Waals surface area contributed by atoms with Crippen molar-refractivity contribution >= 4 is 21.9 Å². The largest absolute Gasteiger partial charge is 0.340 e. The zero-order valence-corrected chi connectivity index (χ0v) is 17.5. The molecule has 1 fully saturated rings. The molecule has 6 heteroatoms. The SMILES string of the molecule is Cc1cnc(-c2nc3c(-c4ccc5ccccc5c4)ccnc3n2C2CCNCC2)[nH]1. The van der Waals surface area contributed by atoms with E-state index in [0.29, 0.717) is 6.04 Å². The van der Waals surface area contributed by atoms with Gasteiger partial charge >= 0.3 is 0 Å². The molecule has 3 aromatic heterocycles. The van der Waals surface area contributed by atoms with E-state index in [1.807, 2.05) is 19.3 Å². The van der Waals surface area contributed by atoms with Crippen molar-refractivity contribution in [2.45, 2.75) is 25.8 Å². The van der Waals surface area contributed by atoms with Crippen molar-refractivity contribution in [3.8, 4) is 22.8 Å². The van der Waals surface area contributed by atoms with Gasteiger partial charge in [-0.25, -0.2) is 15.0 Å². The van der Waals surface area contributed by atoms with Gasteiger partial charge in [0.2, 0.25) is 0 Å². The summed E-state index contributed by atoms with van der Waals surface area (Å²) in [5, 5.41) is 5.93. The van der Waals surface area contributed by atoms with Crippen LogP contribution in [0.2, 0.25) is 0 Å². The number of hydrogen-bond donors (Lipinski definition) is 2. The Labute approximate surface area is 180 Å². The van der Waals surface area contributed by atoms with Crippen molar-refractivity contribution in [2.75, 3.05) is 13.1 Å². The first-order valence-electron chi connectivity index (χ1n) is 10.9. The number of imidazole rings is 2. The number of aromatic amines is 1. The molecule has 0 aliphatic carbocycles. The fraction of sp³-hybridized carbons (Fsp3) is 0.240. The molecule has 0 bridgehead atoms. The van der Waals surface area contributed by atoms with Gasteiger partial charge in [0.1, 0.15) is 5.52 Å². The van der Waals surface area contributed by atoms with E-state index >= 15 is 0 Å². The molecule has 4 heterocycles. The lowest BCUT2D eigenvalue weighted by atomic mass is 10.0. The van der Waals surface area contributed by atoms with E-state index in [2.05, 4.69) is 68.4 Å².